The minimum absolute atomic E-state index is 0.262. The van der Waals surface area contributed by atoms with Gasteiger partial charge >= 0.3 is 0 Å². The maximum absolute atomic E-state index is 10.5. The van der Waals surface area contributed by atoms with Gasteiger partial charge in [0, 0.05) is 23.5 Å². The number of hydrogen-bond acceptors (Lipinski definition) is 5. The Bertz CT molecular complexity index is 394. The highest BCUT2D eigenvalue weighted by Gasteiger charge is 2.20. The summed E-state index contributed by atoms with van der Waals surface area (Å²) in [5, 5.41) is 19.1. The van der Waals surface area contributed by atoms with Gasteiger partial charge in [0.1, 0.15) is 6.10 Å². The van der Waals surface area contributed by atoms with Crippen LogP contribution in [-0.4, -0.2) is 33.5 Å². The number of primary amides is 1. The summed E-state index contributed by atoms with van der Waals surface area (Å²) in [4.78, 5) is 24.7. The Kier molecular flexibility index (Phi) is 4.10. The zero-order chi connectivity index (χ0) is 12.1. The largest absolute Gasteiger partial charge is 0.390 e. The van der Waals surface area contributed by atoms with Crippen molar-refractivity contribution in [3.63, 3.8) is 0 Å². The molecule has 0 radical (unpaired) electrons. The van der Waals surface area contributed by atoms with Crippen molar-refractivity contribution in [2.24, 2.45) is 5.73 Å². The van der Waals surface area contributed by atoms with Crippen LogP contribution in [0.3, 0.4) is 0 Å². The highest BCUT2D eigenvalue weighted by Crippen LogP contribution is 2.18. The van der Waals surface area contributed by atoms with Gasteiger partial charge in [-0.15, -0.1) is 0 Å². The van der Waals surface area contributed by atoms with Crippen molar-refractivity contribution in [2.75, 3.05) is 0 Å². The van der Waals surface area contributed by atoms with Crippen molar-refractivity contribution in [2.45, 2.75) is 18.6 Å². The summed E-state index contributed by atoms with van der Waals surface area (Å²) in [6.07, 6.45) is 0.253. The van der Waals surface area contributed by atoms with E-state index in [-0.39, 0.29) is 17.5 Å². The quantitative estimate of drug-likeness (QED) is 0.564. The lowest BCUT2D eigenvalue weighted by molar-refractivity contribution is -0.121. The molecule has 0 saturated heterocycles. The van der Waals surface area contributed by atoms with Gasteiger partial charge in [-0.1, -0.05) is 0 Å². The third-order valence-corrected chi connectivity index (χ3v) is 2.03. The normalized spacial score (nSPS) is 14.1. The number of carbonyl (C=O) groups is 2. The number of amides is 1. The Morgan fingerprint density at radius 3 is 2.75 bits per heavy atom. The Morgan fingerprint density at radius 1 is 1.50 bits per heavy atom. The van der Waals surface area contributed by atoms with Gasteiger partial charge in [0.2, 0.25) is 5.91 Å². The molecule has 4 N–H and O–H groups in total. The molecule has 86 valence electrons. The fourth-order valence-electron chi connectivity index (χ4n) is 1.24. The maximum Gasteiger partial charge on any atom is 0.220 e. The van der Waals surface area contributed by atoms with Crippen molar-refractivity contribution in [1.29, 1.82) is 0 Å². The molecule has 1 aromatic rings. The monoisotopic (exact) mass is 224 g/mol. The van der Waals surface area contributed by atoms with Crippen LogP contribution in [0.25, 0.3) is 0 Å². The lowest BCUT2D eigenvalue weighted by atomic mass is 10.0. The lowest BCUT2D eigenvalue weighted by Crippen LogP contribution is -2.25. The number of rotatable bonds is 5. The van der Waals surface area contributed by atoms with Gasteiger partial charge in [0.15, 0.2) is 6.29 Å². The summed E-state index contributed by atoms with van der Waals surface area (Å²) in [6.45, 7) is 0. The summed E-state index contributed by atoms with van der Waals surface area (Å²) in [6, 6.07) is 1.38. The molecule has 0 aliphatic rings. The van der Waals surface area contributed by atoms with Gasteiger partial charge in [-0.3, -0.25) is 14.6 Å². The first kappa shape index (κ1) is 12.3. The summed E-state index contributed by atoms with van der Waals surface area (Å²) < 4.78 is 0. The molecule has 1 aromatic heterocycles. The zero-order valence-corrected chi connectivity index (χ0v) is 8.41. The van der Waals surface area contributed by atoms with E-state index in [1.54, 1.807) is 0 Å². The van der Waals surface area contributed by atoms with Gasteiger partial charge < -0.3 is 15.9 Å². The van der Waals surface area contributed by atoms with Crippen LogP contribution >= 0.6 is 0 Å². The number of hydrogen-bond donors (Lipinski definition) is 3. The van der Waals surface area contributed by atoms with E-state index in [1.165, 1.54) is 18.5 Å². The standard InChI is InChI=1S/C10H12N2O4/c11-9(15)2-8(14)10(16)7-1-6(5-13)3-12-4-7/h1,3-5,8,10,14,16H,2H2,(H2,11,15). The molecule has 6 heteroatoms. The van der Waals surface area contributed by atoms with Gasteiger partial charge in [0.05, 0.1) is 12.5 Å². The van der Waals surface area contributed by atoms with E-state index in [1.807, 2.05) is 0 Å². The van der Waals surface area contributed by atoms with Gasteiger partial charge in [-0.05, 0) is 6.07 Å². The summed E-state index contributed by atoms with van der Waals surface area (Å²) in [7, 11) is 0. The summed E-state index contributed by atoms with van der Waals surface area (Å²) in [5.74, 6) is -0.717. The predicted octanol–water partition coefficient (Wildman–Crippen LogP) is -0.836. The zero-order valence-electron chi connectivity index (χ0n) is 8.41. The van der Waals surface area contributed by atoms with Crippen LogP contribution in [0.15, 0.2) is 18.5 Å². The number of carbonyl (C=O) groups excluding carboxylic acids is 2. The van der Waals surface area contributed by atoms with Gasteiger partial charge in [-0.2, -0.15) is 0 Å². The molecule has 0 aromatic carbocycles. The van der Waals surface area contributed by atoms with E-state index >= 15 is 0 Å². The van der Waals surface area contributed by atoms with E-state index in [4.69, 9.17) is 5.73 Å². The second-order valence-corrected chi connectivity index (χ2v) is 3.35. The number of nitrogens with zero attached hydrogens (tertiary/aromatic N) is 1. The second-order valence-electron chi connectivity index (χ2n) is 3.35. The first-order valence-electron chi connectivity index (χ1n) is 4.59. The number of aliphatic hydroxyl groups excluding tert-OH is 2. The molecular formula is C10H12N2O4. The van der Waals surface area contributed by atoms with E-state index in [9.17, 15) is 19.8 Å². The van der Waals surface area contributed by atoms with Crippen LogP contribution in [-0.2, 0) is 4.79 Å². The van der Waals surface area contributed by atoms with E-state index < -0.39 is 18.1 Å². The molecule has 0 saturated carbocycles. The molecule has 2 unspecified atom stereocenters. The number of pyridine rings is 1. The molecule has 0 aliphatic heterocycles. The Labute approximate surface area is 91.7 Å². The Balaban J connectivity index is 2.82. The average molecular weight is 224 g/mol. The van der Waals surface area contributed by atoms with E-state index in [0.29, 0.717) is 6.29 Å². The van der Waals surface area contributed by atoms with Crippen LogP contribution in [0.1, 0.15) is 28.4 Å². The first-order valence-corrected chi connectivity index (χ1v) is 4.59. The molecule has 2 atom stereocenters. The number of aliphatic hydroxyl groups is 2. The average Bonchev–Trinajstić information content (AvgIpc) is 2.27. The number of aromatic nitrogens is 1. The molecule has 1 rings (SSSR count). The highest BCUT2D eigenvalue weighted by molar-refractivity contribution is 5.75. The molecule has 0 aliphatic carbocycles. The smallest absolute Gasteiger partial charge is 0.220 e. The van der Waals surface area contributed by atoms with Crippen molar-refractivity contribution < 1.29 is 19.8 Å². The minimum atomic E-state index is -1.30. The lowest BCUT2D eigenvalue weighted by Gasteiger charge is -2.16. The fraction of sp³-hybridized carbons (Fsp3) is 0.300. The summed E-state index contributed by atoms with van der Waals surface area (Å²) in [5.41, 5.74) is 5.43. The third kappa shape index (κ3) is 3.11. The molecule has 1 amide bonds. The number of nitrogens with two attached hydrogens (primary N) is 1. The molecule has 1 heterocycles. The van der Waals surface area contributed by atoms with Gasteiger partial charge in [-0.25, -0.2) is 0 Å². The molecule has 6 nitrogen and oxygen atoms in total. The van der Waals surface area contributed by atoms with Crippen LogP contribution in [0.2, 0.25) is 0 Å². The van der Waals surface area contributed by atoms with Crippen LogP contribution in [0.5, 0.6) is 0 Å². The van der Waals surface area contributed by atoms with Gasteiger partial charge in [0.25, 0.3) is 0 Å². The number of aldehydes is 1. The third-order valence-electron chi connectivity index (χ3n) is 2.03. The topological polar surface area (TPSA) is 114 Å². The molecule has 0 fully saturated rings. The van der Waals surface area contributed by atoms with Crippen LogP contribution < -0.4 is 5.73 Å². The van der Waals surface area contributed by atoms with Crippen molar-refractivity contribution >= 4 is 12.2 Å². The molecular weight excluding hydrogens is 212 g/mol. The second kappa shape index (κ2) is 5.34. The molecule has 16 heavy (non-hydrogen) atoms. The predicted molar refractivity (Wildman–Crippen MR) is 54.4 cm³/mol. The van der Waals surface area contributed by atoms with Crippen molar-refractivity contribution in [3.8, 4) is 0 Å². The SMILES string of the molecule is NC(=O)CC(O)C(O)c1cncc(C=O)c1. The Morgan fingerprint density at radius 2 is 2.19 bits per heavy atom. The van der Waals surface area contributed by atoms with Crippen LogP contribution in [0.4, 0.5) is 0 Å². The highest BCUT2D eigenvalue weighted by atomic mass is 16.3. The molecule has 0 bridgehead atoms. The first-order chi connectivity index (χ1) is 7.54. The maximum atomic E-state index is 10.5. The molecule has 0 spiro atoms. The van der Waals surface area contributed by atoms with Crippen molar-refractivity contribution in [3.05, 3.63) is 29.6 Å². The minimum Gasteiger partial charge on any atom is -0.390 e. The van der Waals surface area contributed by atoms with Crippen molar-refractivity contribution in [1.82, 2.24) is 4.98 Å². The van der Waals surface area contributed by atoms with E-state index in [2.05, 4.69) is 4.98 Å². The summed E-state index contributed by atoms with van der Waals surface area (Å²) >= 11 is 0. The Hall–Kier alpha value is -1.79. The fourth-order valence-corrected chi connectivity index (χ4v) is 1.24. The van der Waals surface area contributed by atoms with E-state index in [0.717, 1.165) is 0 Å². The van der Waals surface area contributed by atoms with Crippen LogP contribution in [0, 0.1) is 0 Å².